The molecule has 0 spiro atoms. The Bertz CT molecular complexity index is 782. The number of benzene rings is 1. The van der Waals surface area contributed by atoms with Crippen molar-refractivity contribution in [3.63, 3.8) is 0 Å². The highest BCUT2D eigenvalue weighted by molar-refractivity contribution is 5.93. The second-order valence-corrected chi connectivity index (χ2v) is 6.48. The molecule has 1 atom stereocenters. The predicted octanol–water partition coefficient (Wildman–Crippen LogP) is 3.02. The lowest BCUT2D eigenvalue weighted by molar-refractivity contribution is -0.116. The maximum absolute atomic E-state index is 12.4. The van der Waals surface area contributed by atoms with E-state index in [1.807, 2.05) is 46.1 Å². The molecule has 1 aromatic heterocycles. The number of amides is 1. The standard InChI is InChI=1S/C19H25N3O3/c1-5-24-18-9-15-8-12(2)25-17(15)10-16(18)20-19(23)7-6-14-11-22(4)21-13(14)3/h9-12H,5-8H2,1-4H3,(H,20,23)/t12-/m1/s1. The first kappa shape index (κ1) is 17.3. The summed E-state index contributed by atoms with van der Waals surface area (Å²) in [4.78, 5) is 12.4. The second-order valence-electron chi connectivity index (χ2n) is 6.48. The van der Waals surface area contributed by atoms with Gasteiger partial charge in [-0.25, -0.2) is 0 Å². The summed E-state index contributed by atoms with van der Waals surface area (Å²) >= 11 is 0. The summed E-state index contributed by atoms with van der Waals surface area (Å²) in [5.74, 6) is 1.48. The van der Waals surface area contributed by atoms with Gasteiger partial charge in [0.05, 0.1) is 18.0 Å². The predicted molar refractivity (Wildman–Crippen MR) is 96.3 cm³/mol. The largest absolute Gasteiger partial charge is 0.492 e. The van der Waals surface area contributed by atoms with Gasteiger partial charge in [-0.2, -0.15) is 5.10 Å². The lowest BCUT2D eigenvalue weighted by atomic mass is 10.1. The van der Waals surface area contributed by atoms with Crippen molar-refractivity contribution in [2.75, 3.05) is 11.9 Å². The van der Waals surface area contributed by atoms with Gasteiger partial charge in [-0.1, -0.05) is 0 Å². The van der Waals surface area contributed by atoms with E-state index in [4.69, 9.17) is 9.47 Å². The van der Waals surface area contributed by atoms with Crippen molar-refractivity contribution in [3.05, 3.63) is 35.2 Å². The van der Waals surface area contributed by atoms with Crippen LogP contribution in [0.2, 0.25) is 0 Å². The normalized spacial score (nSPS) is 15.6. The van der Waals surface area contributed by atoms with E-state index in [-0.39, 0.29) is 12.0 Å². The molecule has 0 saturated heterocycles. The van der Waals surface area contributed by atoms with E-state index in [1.165, 1.54) is 0 Å². The highest BCUT2D eigenvalue weighted by Crippen LogP contribution is 2.38. The first-order chi connectivity index (χ1) is 12.0. The fourth-order valence-corrected chi connectivity index (χ4v) is 3.17. The topological polar surface area (TPSA) is 65.4 Å². The molecule has 0 bridgehead atoms. The van der Waals surface area contributed by atoms with Crippen LogP contribution in [0, 0.1) is 6.92 Å². The van der Waals surface area contributed by atoms with Gasteiger partial charge in [-0.05, 0) is 38.8 Å². The van der Waals surface area contributed by atoms with Crippen LogP contribution in [-0.4, -0.2) is 28.4 Å². The van der Waals surface area contributed by atoms with Gasteiger partial charge < -0.3 is 14.8 Å². The van der Waals surface area contributed by atoms with E-state index in [0.717, 1.165) is 29.0 Å². The van der Waals surface area contributed by atoms with Crippen molar-refractivity contribution in [1.29, 1.82) is 0 Å². The number of ether oxygens (including phenoxy) is 2. The molecule has 0 saturated carbocycles. The van der Waals surface area contributed by atoms with E-state index in [1.54, 1.807) is 4.68 Å². The molecular weight excluding hydrogens is 318 g/mol. The lowest BCUT2D eigenvalue weighted by Gasteiger charge is -2.13. The number of hydrogen-bond donors (Lipinski definition) is 1. The van der Waals surface area contributed by atoms with Gasteiger partial charge in [0.25, 0.3) is 0 Å². The van der Waals surface area contributed by atoms with Gasteiger partial charge in [0, 0.05) is 37.7 Å². The van der Waals surface area contributed by atoms with Gasteiger partial charge in [-0.15, -0.1) is 0 Å². The maximum Gasteiger partial charge on any atom is 0.224 e. The van der Waals surface area contributed by atoms with Crippen molar-refractivity contribution in [2.45, 2.75) is 46.1 Å². The number of nitrogens with one attached hydrogen (secondary N) is 1. The van der Waals surface area contributed by atoms with Crippen LogP contribution in [0.3, 0.4) is 0 Å². The van der Waals surface area contributed by atoms with Crippen LogP contribution in [0.5, 0.6) is 11.5 Å². The number of rotatable bonds is 6. The Hall–Kier alpha value is -2.50. The first-order valence-electron chi connectivity index (χ1n) is 8.71. The van der Waals surface area contributed by atoms with Gasteiger partial charge in [-0.3, -0.25) is 9.48 Å². The zero-order valence-corrected chi connectivity index (χ0v) is 15.3. The Balaban J connectivity index is 1.70. The Morgan fingerprint density at radius 3 is 2.96 bits per heavy atom. The number of carbonyl (C=O) groups excluding carboxylic acids is 1. The van der Waals surface area contributed by atoms with Crippen LogP contribution < -0.4 is 14.8 Å². The van der Waals surface area contributed by atoms with Gasteiger partial charge in [0.1, 0.15) is 17.6 Å². The van der Waals surface area contributed by atoms with Crippen molar-refractivity contribution in [1.82, 2.24) is 9.78 Å². The van der Waals surface area contributed by atoms with Crippen LogP contribution in [0.4, 0.5) is 5.69 Å². The molecule has 2 aromatic rings. The molecule has 0 fully saturated rings. The molecule has 2 heterocycles. The number of aromatic nitrogens is 2. The van der Waals surface area contributed by atoms with Crippen LogP contribution in [0.15, 0.2) is 18.3 Å². The summed E-state index contributed by atoms with van der Waals surface area (Å²) in [6.45, 7) is 6.48. The molecule has 134 valence electrons. The third-order valence-corrected chi connectivity index (χ3v) is 4.31. The minimum absolute atomic E-state index is 0.0461. The molecule has 1 aliphatic heterocycles. The summed E-state index contributed by atoms with van der Waals surface area (Å²) < 4.78 is 13.3. The molecular formula is C19H25N3O3. The molecule has 25 heavy (non-hydrogen) atoms. The second kappa shape index (κ2) is 7.17. The third kappa shape index (κ3) is 3.95. The van der Waals surface area contributed by atoms with Crippen molar-refractivity contribution >= 4 is 11.6 Å². The molecule has 1 amide bonds. The van der Waals surface area contributed by atoms with Crippen molar-refractivity contribution < 1.29 is 14.3 Å². The summed E-state index contributed by atoms with van der Waals surface area (Å²) in [5.41, 5.74) is 3.85. The molecule has 1 aliphatic rings. The quantitative estimate of drug-likeness (QED) is 0.875. The highest BCUT2D eigenvalue weighted by atomic mass is 16.5. The van der Waals surface area contributed by atoms with E-state index >= 15 is 0 Å². The summed E-state index contributed by atoms with van der Waals surface area (Å²) in [6, 6.07) is 3.85. The highest BCUT2D eigenvalue weighted by Gasteiger charge is 2.22. The van der Waals surface area contributed by atoms with Crippen LogP contribution >= 0.6 is 0 Å². The zero-order valence-electron chi connectivity index (χ0n) is 15.3. The average molecular weight is 343 g/mol. The monoisotopic (exact) mass is 343 g/mol. The van der Waals surface area contributed by atoms with Crippen molar-refractivity contribution in [3.8, 4) is 11.5 Å². The number of anilines is 1. The fourth-order valence-electron chi connectivity index (χ4n) is 3.17. The lowest BCUT2D eigenvalue weighted by Crippen LogP contribution is -2.13. The van der Waals surface area contributed by atoms with E-state index in [2.05, 4.69) is 10.4 Å². The van der Waals surface area contributed by atoms with Crippen LogP contribution in [0.25, 0.3) is 0 Å². The molecule has 0 aliphatic carbocycles. The smallest absolute Gasteiger partial charge is 0.224 e. The van der Waals surface area contributed by atoms with E-state index < -0.39 is 0 Å². The minimum atomic E-state index is -0.0461. The van der Waals surface area contributed by atoms with Gasteiger partial charge >= 0.3 is 0 Å². The van der Waals surface area contributed by atoms with Gasteiger partial charge in [0.15, 0.2) is 0 Å². The number of hydrogen-bond acceptors (Lipinski definition) is 4. The van der Waals surface area contributed by atoms with E-state index in [9.17, 15) is 4.79 Å². The average Bonchev–Trinajstić information content (AvgIpc) is 3.06. The number of carbonyl (C=O) groups is 1. The molecule has 1 aromatic carbocycles. The Labute approximate surface area is 148 Å². The Morgan fingerprint density at radius 1 is 1.48 bits per heavy atom. The molecule has 3 rings (SSSR count). The molecule has 6 nitrogen and oxygen atoms in total. The Morgan fingerprint density at radius 2 is 2.28 bits per heavy atom. The molecule has 1 N–H and O–H groups in total. The summed E-state index contributed by atoms with van der Waals surface area (Å²) in [6.07, 6.45) is 4.03. The fraction of sp³-hybridized carbons (Fsp3) is 0.474. The van der Waals surface area contributed by atoms with Crippen LogP contribution in [0.1, 0.15) is 37.1 Å². The van der Waals surface area contributed by atoms with Crippen LogP contribution in [-0.2, 0) is 24.7 Å². The van der Waals surface area contributed by atoms with E-state index in [0.29, 0.717) is 30.9 Å². The Kier molecular flexibility index (Phi) is 4.97. The summed E-state index contributed by atoms with van der Waals surface area (Å²) in [5, 5.41) is 7.27. The summed E-state index contributed by atoms with van der Waals surface area (Å²) in [7, 11) is 1.89. The SMILES string of the molecule is CCOc1cc2c(cc1NC(=O)CCc1cn(C)nc1C)O[C@H](C)C2. The minimum Gasteiger partial charge on any atom is -0.492 e. The number of aryl methyl sites for hydroxylation is 3. The molecule has 0 radical (unpaired) electrons. The first-order valence-corrected chi connectivity index (χ1v) is 8.71. The number of fused-ring (bicyclic) bond motifs is 1. The molecule has 0 unspecified atom stereocenters. The van der Waals surface area contributed by atoms with Crippen molar-refractivity contribution in [2.24, 2.45) is 7.05 Å². The van der Waals surface area contributed by atoms with Gasteiger partial charge in [0.2, 0.25) is 5.91 Å². The molecule has 6 heteroatoms. The maximum atomic E-state index is 12.4. The third-order valence-electron chi connectivity index (χ3n) is 4.31. The number of nitrogens with zero attached hydrogens (tertiary/aromatic N) is 2. The zero-order chi connectivity index (χ0) is 18.0.